The fourth-order valence-corrected chi connectivity index (χ4v) is 1.87. The van der Waals surface area contributed by atoms with Crippen LogP contribution < -0.4 is 0 Å². The molecule has 1 aromatic heterocycles. The highest BCUT2D eigenvalue weighted by Gasteiger charge is 2.16. The summed E-state index contributed by atoms with van der Waals surface area (Å²) < 4.78 is 23.1. The molecule has 0 amide bonds. The Balaban J connectivity index is 1.85. The standard InChI is InChI=1S/C15H16FNO3/c1-10(6-12-4-3-5-13(16)8-12)15(18)19-9-14-7-11(2)20-17-14/h3-5,7-8,10H,6,9H2,1-2H3. The van der Waals surface area contributed by atoms with Crippen LogP contribution in [0.5, 0.6) is 0 Å². The maximum absolute atomic E-state index is 13.1. The van der Waals surface area contributed by atoms with Gasteiger partial charge in [0.15, 0.2) is 0 Å². The first-order valence-corrected chi connectivity index (χ1v) is 6.38. The predicted octanol–water partition coefficient (Wildman–Crippen LogP) is 3.04. The third kappa shape index (κ3) is 3.91. The lowest BCUT2D eigenvalue weighted by Crippen LogP contribution is -2.17. The van der Waals surface area contributed by atoms with E-state index in [1.807, 2.05) is 0 Å². The highest BCUT2D eigenvalue weighted by molar-refractivity contribution is 5.72. The van der Waals surface area contributed by atoms with Crippen molar-refractivity contribution in [1.82, 2.24) is 5.16 Å². The van der Waals surface area contributed by atoms with Crippen molar-refractivity contribution in [2.75, 3.05) is 0 Å². The van der Waals surface area contributed by atoms with Crippen LogP contribution in [0.1, 0.15) is 23.9 Å². The Morgan fingerprint density at radius 3 is 2.90 bits per heavy atom. The summed E-state index contributed by atoms with van der Waals surface area (Å²) in [5.41, 5.74) is 1.35. The van der Waals surface area contributed by atoms with Crippen LogP contribution >= 0.6 is 0 Å². The van der Waals surface area contributed by atoms with Gasteiger partial charge in [-0.3, -0.25) is 4.79 Å². The van der Waals surface area contributed by atoms with Gasteiger partial charge in [-0.05, 0) is 31.0 Å². The molecule has 2 aromatic rings. The van der Waals surface area contributed by atoms with Crippen molar-refractivity contribution in [2.45, 2.75) is 26.9 Å². The molecule has 0 spiro atoms. The summed E-state index contributed by atoms with van der Waals surface area (Å²) in [6.45, 7) is 3.61. The van der Waals surface area contributed by atoms with Gasteiger partial charge in [-0.2, -0.15) is 0 Å². The number of hydrogen-bond donors (Lipinski definition) is 0. The average Bonchev–Trinajstić information content (AvgIpc) is 2.81. The molecule has 1 unspecified atom stereocenters. The Labute approximate surface area is 116 Å². The van der Waals surface area contributed by atoms with E-state index in [-0.39, 0.29) is 24.3 Å². The van der Waals surface area contributed by atoms with Crippen LogP contribution in [-0.2, 0) is 22.6 Å². The summed E-state index contributed by atoms with van der Waals surface area (Å²) in [6, 6.07) is 7.92. The first-order chi connectivity index (χ1) is 9.54. The van der Waals surface area contributed by atoms with Crippen molar-refractivity contribution < 1.29 is 18.4 Å². The van der Waals surface area contributed by atoms with Crippen molar-refractivity contribution >= 4 is 5.97 Å². The maximum atomic E-state index is 13.1. The van der Waals surface area contributed by atoms with Crippen LogP contribution in [0.4, 0.5) is 4.39 Å². The lowest BCUT2D eigenvalue weighted by molar-refractivity contribution is -0.149. The fraction of sp³-hybridized carbons (Fsp3) is 0.333. The molecule has 4 nitrogen and oxygen atoms in total. The summed E-state index contributed by atoms with van der Waals surface area (Å²) in [5.74, 6) is -0.315. The minimum atomic E-state index is -0.343. The van der Waals surface area contributed by atoms with E-state index < -0.39 is 0 Å². The monoisotopic (exact) mass is 277 g/mol. The Bertz CT molecular complexity index is 594. The van der Waals surface area contributed by atoms with E-state index in [2.05, 4.69) is 5.16 Å². The molecule has 0 aliphatic rings. The van der Waals surface area contributed by atoms with E-state index in [1.54, 1.807) is 32.0 Å². The largest absolute Gasteiger partial charge is 0.459 e. The van der Waals surface area contributed by atoms with E-state index in [1.165, 1.54) is 12.1 Å². The van der Waals surface area contributed by atoms with Crippen LogP contribution in [-0.4, -0.2) is 11.1 Å². The van der Waals surface area contributed by atoms with Gasteiger partial charge in [0.25, 0.3) is 0 Å². The van der Waals surface area contributed by atoms with E-state index >= 15 is 0 Å². The van der Waals surface area contributed by atoms with Crippen LogP contribution in [0.3, 0.4) is 0 Å². The van der Waals surface area contributed by atoms with Gasteiger partial charge in [-0.15, -0.1) is 0 Å². The summed E-state index contributed by atoms with van der Waals surface area (Å²) in [7, 11) is 0. The van der Waals surface area contributed by atoms with Gasteiger partial charge in [-0.25, -0.2) is 4.39 Å². The minimum absolute atomic E-state index is 0.0870. The first-order valence-electron chi connectivity index (χ1n) is 6.38. The molecule has 5 heteroatoms. The molecular formula is C15H16FNO3. The SMILES string of the molecule is Cc1cc(COC(=O)C(C)Cc2cccc(F)c2)no1. The molecule has 0 radical (unpaired) electrons. The predicted molar refractivity (Wildman–Crippen MR) is 70.3 cm³/mol. The van der Waals surface area contributed by atoms with Crippen molar-refractivity contribution in [2.24, 2.45) is 5.92 Å². The second-order valence-electron chi connectivity index (χ2n) is 4.77. The molecule has 1 atom stereocenters. The molecule has 1 heterocycles. The number of aromatic nitrogens is 1. The third-order valence-electron chi connectivity index (χ3n) is 2.87. The van der Waals surface area contributed by atoms with Gasteiger partial charge in [0.2, 0.25) is 0 Å². The molecule has 106 valence electrons. The number of esters is 1. The summed E-state index contributed by atoms with van der Waals surface area (Å²) in [5, 5.41) is 3.74. The molecule has 0 aliphatic carbocycles. The maximum Gasteiger partial charge on any atom is 0.309 e. The number of carbonyl (C=O) groups is 1. The second-order valence-corrected chi connectivity index (χ2v) is 4.77. The molecule has 0 fully saturated rings. The summed E-state index contributed by atoms with van der Waals surface area (Å²) in [4.78, 5) is 11.8. The third-order valence-corrected chi connectivity index (χ3v) is 2.87. The molecule has 2 rings (SSSR count). The molecule has 20 heavy (non-hydrogen) atoms. The van der Waals surface area contributed by atoms with Crippen LogP contribution in [0.15, 0.2) is 34.9 Å². The first kappa shape index (κ1) is 14.2. The highest BCUT2D eigenvalue weighted by Crippen LogP contribution is 2.12. The number of carbonyl (C=O) groups excluding carboxylic acids is 1. The molecule has 0 aliphatic heterocycles. The Morgan fingerprint density at radius 1 is 1.45 bits per heavy atom. The molecular weight excluding hydrogens is 261 g/mol. The quantitative estimate of drug-likeness (QED) is 0.788. The van der Waals surface area contributed by atoms with E-state index in [9.17, 15) is 9.18 Å². The number of ether oxygens (including phenoxy) is 1. The van der Waals surface area contributed by atoms with Crippen LogP contribution in [0, 0.1) is 18.7 Å². The zero-order chi connectivity index (χ0) is 14.5. The summed E-state index contributed by atoms with van der Waals surface area (Å²) in [6.07, 6.45) is 0.439. The van der Waals surface area contributed by atoms with Gasteiger partial charge < -0.3 is 9.26 Å². The zero-order valence-electron chi connectivity index (χ0n) is 11.4. The zero-order valence-corrected chi connectivity index (χ0v) is 11.4. The van der Waals surface area contributed by atoms with Crippen LogP contribution in [0.25, 0.3) is 0 Å². The summed E-state index contributed by atoms with van der Waals surface area (Å²) >= 11 is 0. The number of benzene rings is 1. The number of nitrogens with zero attached hydrogens (tertiary/aromatic N) is 1. The lowest BCUT2D eigenvalue weighted by Gasteiger charge is -2.10. The van der Waals surface area contributed by atoms with Gasteiger partial charge in [0, 0.05) is 6.07 Å². The van der Waals surface area contributed by atoms with Crippen molar-refractivity contribution in [3.63, 3.8) is 0 Å². The smallest absolute Gasteiger partial charge is 0.309 e. The lowest BCUT2D eigenvalue weighted by atomic mass is 10.0. The number of hydrogen-bond acceptors (Lipinski definition) is 4. The van der Waals surface area contributed by atoms with Crippen molar-refractivity contribution in [1.29, 1.82) is 0 Å². The van der Waals surface area contributed by atoms with Gasteiger partial charge in [-0.1, -0.05) is 24.2 Å². The topological polar surface area (TPSA) is 52.3 Å². The molecule has 0 N–H and O–H groups in total. The van der Waals surface area contributed by atoms with E-state index in [4.69, 9.17) is 9.26 Å². The Kier molecular flexibility index (Phi) is 4.50. The van der Waals surface area contributed by atoms with Crippen molar-refractivity contribution in [3.8, 4) is 0 Å². The van der Waals surface area contributed by atoms with Crippen LogP contribution in [0.2, 0.25) is 0 Å². The normalized spacial score (nSPS) is 12.2. The van der Waals surface area contributed by atoms with Crippen molar-refractivity contribution in [3.05, 3.63) is 53.2 Å². The molecule has 0 bridgehead atoms. The van der Waals surface area contributed by atoms with E-state index in [0.717, 1.165) is 5.56 Å². The molecule has 0 saturated heterocycles. The second kappa shape index (κ2) is 6.32. The average molecular weight is 277 g/mol. The Hall–Kier alpha value is -2.17. The van der Waals surface area contributed by atoms with E-state index in [0.29, 0.717) is 17.9 Å². The molecule has 0 saturated carbocycles. The number of halogens is 1. The number of rotatable bonds is 5. The van der Waals surface area contributed by atoms with Gasteiger partial charge >= 0.3 is 5.97 Å². The fourth-order valence-electron chi connectivity index (χ4n) is 1.87. The Morgan fingerprint density at radius 2 is 2.25 bits per heavy atom. The van der Waals surface area contributed by atoms with Gasteiger partial charge in [0.05, 0.1) is 5.92 Å². The molecule has 1 aromatic carbocycles. The minimum Gasteiger partial charge on any atom is -0.459 e. The van der Waals surface area contributed by atoms with Gasteiger partial charge in [0.1, 0.15) is 23.9 Å². The highest BCUT2D eigenvalue weighted by atomic mass is 19.1. The number of aryl methyl sites for hydroxylation is 1.